The Labute approximate surface area is 107 Å². The summed E-state index contributed by atoms with van der Waals surface area (Å²) in [6.07, 6.45) is 0. The lowest BCUT2D eigenvalue weighted by Gasteiger charge is -2.42. The standard InChI is InChI=1S/C14H19NO3/c1-11(13(16)17)15-8-9-18-14(2,10-15)12-6-4-3-5-7-12/h3-7,11H,8-10H2,1-2H3,(H,16,17)/t11-,14-/m1/s1. The van der Waals surface area contributed by atoms with Crippen molar-refractivity contribution in [3.63, 3.8) is 0 Å². The smallest absolute Gasteiger partial charge is 0.320 e. The number of ether oxygens (including phenoxy) is 1. The van der Waals surface area contributed by atoms with E-state index in [1.54, 1.807) is 6.92 Å². The number of carboxylic acids is 1. The third-order valence-electron chi connectivity index (χ3n) is 3.59. The van der Waals surface area contributed by atoms with Crippen LogP contribution >= 0.6 is 0 Å². The Morgan fingerprint density at radius 3 is 2.72 bits per heavy atom. The number of carboxylic acid groups (broad SMARTS) is 1. The van der Waals surface area contributed by atoms with Gasteiger partial charge in [-0.3, -0.25) is 9.69 Å². The summed E-state index contributed by atoms with van der Waals surface area (Å²) < 4.78 is 5.88. The molecule has 1 saturated heterocycles. The summed E-state index contributed by atoms with van der Waals surface area (Å²) in [4.78, 5) is 13.0. The molecule has 1 aliphatic rings. The second kappa shape index (κ2) is 5.08. The minimum absolute atomic E-state index is 0.427. The molecule has 0 saturated carbocycles. The van der Waals surface area contributed by atoms with E-state index in [1.807, 2.05) is 42.2 Å². The lowest BCUT2D eigenvalue weighted by molar-refractivity contribution is -0.151. The van der Waals surface area contributed by atoms with Crippen LogP contribution in [0.2, 0.25) is 0 Å². The molecule has 18 heavy (non-hydrogen) atoms. The normalized spacial score (nSPS) is 26.8. The van der Waals surface area contributed by atoms with Gasteiger partial charge in [-0.1, -0.05) is 30.3 Å². The van der Waals surface area contributed by atoms with E-state index in [9.17, 15) is 4.79 Å². The Balaban J connectivity index is 2.17. The summed E-state index contributed by atoms with van der Waals surface area (Å²) in [6.45, 7) is 5.56. The SMILES string of the molecule is C[C@H](C(=O)O)N1CCO[C@@](C)(c2ccccc2)C1. The summed E-state index contributed by atoms with van der Waals surface area (Å²) in [6, 6.07) is 9.49. The summed E-state index contributed by atoms with van der Waals surface area (Å²) in [5.74, 6) is -0.785. The maximum atomic E-state index is 11.1. The van der Waals surface area contributed by atoms with Crippen LogP contribution in [0.4, 0.5) is 0 Å². The first kappa shape index (κ1) is 13.1. The number of benzene rings is 1. The highest BCUT2D eigenvalue weighted by molar-refractivity contribution is 5.72. The van der Waals surface area contributed by atoms with Gasteiger partial charge in [0.25, 0.3) is 0 Å². The molecule has 1 aliphatic heterocycles. The van der Waals surface area contributed by atoms with E-state index in [4.69, 9.17) is 9.84 Å². The zero-order valence-corrected chi connectivity index (χ0v) is 10.8. The predicted molar refractivity (Wildman–Crippen MR) is 68.4 cm³/mol. The third kappa shape index (κ3) is 2.54. The molecule has 1 aromatic carbocycles. The lowest BCUT2D eigenvalue weighted by Crippen LogP contribution is -2.53. The Morgan fingerprint density at radius 1 is 1.44 bits per heavy atom. The Bertz CT molecular complexity index is 420. The molecule has 1 fully saturated rings. The van der Waals surface area contributed by atoms with Crippen molar-refractivity contribution in [3.05, 3.63) is 35.9 Å². The molecule has 2 rings (SSSR count). The van der Waals surface area contributed by atoms with Crippen LogP contribution < -0.4 is 0 Å². The Kier molecular flexibility index (Phi) is 3.68. The molecule has 0 unspecified atom stereocenters. The number of hydrogen-bond acceptors (Lipinski definition) is 3. The van der Waals surface area contributed by atoms with Gasteiger partial charge in [0.05, 0.1) is 6.61 Å². The molecule has 2 atom stereocenters. The van der Waals surface area contributed by atoms with Crippen LogP contribution in [0.1, 0.15) is 19.4 Å². The van der Waals surface area contributed by atoms with Crippen molar-refractivity contribution in [1.82, 2.24) is 4.90 Å². The number of hydrogen-bond donors (Lipinski definition) is 1. The molecule has 0 aliphatic carbocycles. The molecule has 0 radical (unpaired) electrons. The first-order valence-corrected chi connectivity index (χ1v) is 6.19. The van der Waals surface area contributed by atoms with Gasteiger partial charge < -0.3 is 9.84 Å². The zero-order chi connectivity index (χ0) is 13.2. The molecule has 0 spiro atoms. The van der Waals surface area contributed by atoms with Crippen LogP contribution in [-0.4, -0.2) is 41.7 Å². The molecular formula is C14H19NO3. The molecule has 98 valence electrons. The Hall–Kier alpha value is -1.39. The van der Waals surface area contributed by atoms with Crippen molar-refractivity contribution in [1.29, 1.82) is 0 Å². The maximum Gasteiger partial charge on any atom is 0.320 e. The molecular weight excluding hydrogens is 230 g/mol. The zero-order valence-electron chi connectivity index (χ0n) is 10.8. The van der Waals surface area contributed by atoms with Crippen LogP contribution in [0.5, 0.6) is 0 Å². The molecule has 1 N–H and O–H groups in total. The summed E-state index contributed by atoms with van der Waals surface area (Å²) in [5.41, 5.74) is 0.663. The first-order chi connectivity index (χ1) is 8.53. The topological polar surface area (TPSA) is 49.8 Å². The van der Waals surface area contributed by atoms with Gasteiger partial charge in [0.1, 0.15) is 11.6 Å². The minimum atomic E-state index is -0.785. The fourth-order valence-electron chi connectivity index (χ4n) is 2.35. The van der Waals surface area contributed by atoms with Gasteiger partial charge in [-0.25, -0.2) is 0 Å². The van der Waals surface area contributed by atoms with Crippen molar-refractivity contribution < 1.29 is 14.6 Å². The van der Waals surface area contributed by atoms with Gasteiger partial charge in [-0.15, -0.1) is 0 Å². The van der Waals surface area contributed by atoms with Crippen molar-refractivity contribution in [2.45, 2.75) is 25.5 Å². The predicted octanol–water partition coefficient (Wildman–Crippen LogP) is 1.71. The second-order valence-corrected chi connectivity index (χ2v) is 4.93. The molecule has 0 aromatic heterocycles. The van der Waals surface area contributed by atoms with Gasteiger partial charge in [0.2, 0.25) is 0 Å². The van der Waals surface area contributed by atoms with E-state index in [0.29, 0.717) is 19.7 Å². The van der Waals surface area contributed by atoms with Crippen LogP contribution in [0, 0.1) is 0 Å². The van der Waals surface area contributed by atoms with Crippen molar-refractivity contribution in [2.75, 3.05) is 19.7 Å². The largest absolute Gasteiger partial charge is 0.480 e. The van der Waals surface area contributed by atoms with E-state index in [-0.39, 0.29) is 0 Å². The third-order valence-corrected chi connectivity index (χ3v) is 3.59. The highest BCUT2D eigenvalue weighted by Crippen LogP contribution is 2.29. The monoisotopic (exact) mass is 249 g/mol. The van der Waals surface area contributed by atoms with E-state index in [0.717, 1.165) is 5.56 Å². The van der Waals surface area contributed by atoms with Crippen molar-refractivity contribution in [3.8, 4) is 0 Å². The van der Waals surface area contributed by atoms with Gasteiger partial charge in [0.15, 0.2) is 0 Å². The summed E-state index contributed by atoms with van der Waals surface area (Å²) in [7, 11) is 0. The van der Waals surface area contributed by atoms with E-state index in [1.165, 1.54) is 0 Å². The quantitative estimate of drug-likeness (QED) is 0.886. The van der Waals surface area contributed by atoms with Gasteiger partial charge >= 0.3 is 5.97 Å². The summed E-state index contributed by atoms with van der Waals surface area (Å²) >= 11 is 0. The average molecular weight is 249 g/mol. The van der Waals surface area contributed by atoms with Crippen LogP contribution in [0.25, 0.3) is 0 Å². The minimum Gasteiger partial charge on any atom is -0.480 e. The summed E-state index contributed by atoms with van der Waals surface area (Å²) in [5, 5.41) is 9.09. The molecule has 1 heterocycles. The maximum absolute atomic E-state index is 11.1. The number of nitrogens with zero attached hydrogens (tertiary/aromatic N) is 1. The fraction of sp³-hybridized carbons (Fsp3) is 0.500. The number of morpholine rings is 1. The highest BCUT2D eigenvalue weighted by atomic mass is 16.5. The van der Waals surface area contributed by atoms with Gasteiger partial charge in [0, 0.05) is 13.1 Å². The second-order valence-electron chi connectivity index (χ2n) is 4.93. The molecule has 0 bridgehead atoms. The lowest BCUT2D eigenvalue weighted by atomic mass is 9.93. The van der Waals surface area contributed by atoms with Crippen LogP contribution in [-0.2, 0) is 15.1 Å². The van der Waals surface area contributed by atoms with Gasteiger partial charge in [-0.05, 0) is 19.4 Å². The number of rotatable bonds is 3. The number of aliphatic carboxylic acids is 1. The Morgan fingerprint density at radius 2 is 2.11 bits per heavy atom. The van der Waals surface area contributed by atoms with Crippen molar-refractivity contribution >= 4 is 5.97 Å². The van der Waals surface area contributed by atoms with Crippen molar-refractivity contribution in [2.24, 2.45) is 0 Å². The molecule has 4 nitrogen and oxygen atoms in total. The average Bonchev–Trinajstić information content (AvgIpc) is 2.39. The first-order valence-electron chi connectivity index (χ1n) is 6.19. The molecule has 0 amide bonds. The fourth-order valence-corrected chi connectivity index (χ4v) is 2.35. The van der Waals surface area contributed by atoms with Gasteiger partial charge in [-0.2, -0.15) is 0 Å². The van der Waals surface area contributed by atoms with E-state index < -0.39 is 17.6 Å². The van der Waals surface area contributed by atoms with Crippen LogP contribution in [0.15, 0.2) is 30.3 Å². The van der Waals surface area contributed by atoms with E-state index in [2.05, 4.69) is 0 Å². The van der Waals surface area contributed by atoms with E-state index >= 15 is 0 Å². The molecule has 4 heteroatoms. The highest BCUT2D eigenvalue weighted by Gasteiger charge is 2.36. The van der Waals surface area contributed by atoms with Crippen LogP contribution in [0.3, 0.4) is 0 Å². The number of carbonyl (C=O) groups is 1. The molecule has 1 aromatic rings.